The molecule has 1 N–H and O–H groups in total. The topological polar surface area (TPSA) is 15.3 Å². The summed E-state index contributed by atoms with van der Waals surface area (Å²) in [5.41, 5.74) is 1.68. The van der Waals surface area contributed by atoms with Crippen LogP contribution in [0.5, 0.6) is 0 Å². The second kappa shape index (κ2) is 6.22. The number of rotatable bonds is 2. The van der Waals surface area contributed by atoms with Crippen molar-refractivity contribution < 1.29 is 0 Å². The van der Waals surface area contributed by atoms with E-state index in [0.29, 0.717) is 23.4 Å². The number of piperazine rings is 1. The highest BCUT2D eigenvalue weighted by Gasteiger charge is 2.35. The third-order valence-corrected chi connectivity index (χ3v) is 5.24. The Morgan fingerprint density at radius 2 is 1.90 bits per heavy atom. The molecule has 0 aliphatic carbocycles. The number of halogens is 1. The highest BCUT2D eigenvalue weighted by atomic mass is 127. The molecule has 1 fully saturated rings. The molecule has 1 aliphatic heterocycles. The Morgan fingerprint density at radius 1 is 1.25 bits per heavy atom. The fourth-order valence-corrected chi connectivity index (χ4v) is 3.60. The van der Waals surface area contributed by atoms with E-state index >= 15 is 0 Å². The molecule has 2 rings (SSSR count). The van der Waals surface area contributed by atoms with E-state index in [9.17, 15) is 0 Å². The van der Waals surface area contributed by atoms with E-state index in [0.717, 1.165) is 13.1 Å². The van der Waals surface area contributed by atoms with Gasteiger partial charge in [-0.25, -0.2) is 0 Å². The molecule has 1 aliphatic rings. The van der Waals surface area contributed by atoms with Crippen molar-refractivity contribution >= 4 is 28.3 Å². The van der Waals surface area contributed by atoms with Crippen LogP contribution < -0.4 is 10.2 Å². The van der Waals surface area contributed by atoms with E-state index in [1.54, 1.807) is 0 Å². The monoisotopic (exact) mass is 386 g/mol. The molecule has 2 unspecified atom stereocenters. The first-order valence-corrected chi connectivity index (χ1v) is 8.63. The molecule has 0 aromatic heterocycles. The standard InChI is InChI=1S/C17H27IN2/c1-12(2)15-10-19-16(17(3,4)5)11-20(15)14-9-7-6-8-13(14)18/h6-9,12,15-16,19H,10-11H2,1-5H3. The number of benzene rings is 1. The van der Waals surface area contributed by atoms with Crippen LogP contribution in [0.2, 0.25) is 0 Å². The second-order valence-corrected chi connectivity index (χ2v) is 8.40. The number of nitrogens with zero attached hydrogens (tertiary/aromatic N) is 1. The van der Waals surface area contributed by atoms with E-state index in [-0.39, 0.29) is 0 Å². The molecule has 2 atom stereocenters. The van der Waals surface area contributed by atoms with Gasteiger partial charge in [0.15, 0.2) is 0 Å². The second-order valence-electron chi connectivity index (χ2n) is 7.24. The van der Waals surface area contributed by atoms with Crippen molar-refractivity contribution in [2.75, 3.05) is 18.0 Å². The van der Waals surface area contributed by atoms with E-state index in [4.69, 9.17) is 0 Å². The van der Waals surface area contributed by atoms with Crippen molar-refractivity contribution in [1.29, 1.82) is 0 Å². The van der Waals surface area contributed by atoms with Crippen LogP contribution in [0.4, 0.5) is 5.69 Å². The third kappa shape index (κ3) is 3.48. The van der Waals surface area contributed by atoms with Crippen LogP contribution in [-0.2, 0) is 0 Å². The summed E-state index contributed by atoms with van der Waals surface area (Å²) in [5, 5.41) is 3.77. The molecule has 1 heterocycles. The summed E-state index contributed by atoms with van der Waals surface area (Å²) in [6.45, 7) is 13.8. The molecule has 20 heavy (non-hydrogen) atoms. The average Bonchev–Trinajstić information content (AvgIpc) is 2.37. The van der Waals surface area contributed by atoms with Crippen molar-refractivity contribution in [3.63, 3.8) is 0 Å². The smallest absolute Gasteiger partial charge is 0.0505 e. The van der Waals surface area contributed by atoms with Crippen LogP contribution >= 0.6 is 22.6 Å². The molecule has 0 saturated carbocycles. The van der Waals surface area contributed by atoms with Gasteiger partial charge in [0.05, 0.1) is 5.69 Å². The van der Waals surface area contributed by atoms with Crippen LogP contribution in [0.3, 0.4) is 0 Å². The van der Waals surface area contributed by atoms with Crippen molar-refractivity contribution in [1.82, 2.24) is 5.32 Å². The van der Waals surface area contributed by atoms with Crippen LogP contribution in [0.1, 0.15) is 34.6 Å². The van der Waals surface area contributed by atoms with Gasteiger partial charge >= 0.3 is 0 Å². The van der Waals surface area contributed by atoms with Crippen LogP contribution in [0.25, 0.3) is 0 Å². The summed E-state index contributed by atoms with van der Waals surface area (Å²) < 4.78 is 1.35. The van der Waals surface area contributed by atoms with Gasteiger partial charge in [-0.3, -0.25) is 0 Å². The molecule has 0 bridgehead atoms. The van der Waals surface area contributed by atoms with Gasteiger partial charge < -0.3 is 10.2 Å². The average molecular weight is 386 g/mol. The largest absolute Gasteiger partial charge is 0.365 e. The van der Waals surface area contributed by atoms with Gasteiger partial charge in [0, 0.05) is 28.7 Å². The van der Waals surface area contributed by atoms with Gasteiger partial charge in [-0.1, -0.05) is 46.8 Å². The van der Waals surface area contributed by atoms with Gasteiger partial charge in [0.25, 0.3) is 0 Å². The maximum atomic E-state index is 3.77. The Balaban J connectivity index is 2.31. The van der Waals surface area contributed by atoms with Crippen molar-refractivity contribution in [3.05, 3.63) is 27.8 Å². The lowest BCUT2D eigenvalue weighted by Crippen LogP contribution is -2.62. The van der Waals surface area contributed by atoms with Crippen LogP contribution in [0, 0.1) is 14.9 Å². The molecule has 112 valence electrons. The lowest BCUT2D eigenvalue weighted by molar-refractivity contribution is 0.220. The van der Waals surface area contributed by atoms with Gasteiger partial charge in [-0.05, 0) is 46.1 Å². The molecular weight excluding hydrogens is 359 g/mol. The Morgan fingerprint density at radius 3 is 2.45 bits per heavy atom. The highest BCUT2D eigenvalue weighted by molar-refractivity contribution is 14.1. The number of hydrogen-bond donors (Lipinski definition) is 1. The van der Waals surface area contributed by atoms with E-state index in [1.165, 1.54) is 9.26 Å². The number of hydrogen-bond acceptors (Lipinski definition) is 2. The van der Waals surface area contributed by atoms with Crippen molar-refractivity contribution in [2.45, 2.75) is 46.7 Å². The van der Waals surface area contributed by atoms with Gasteiger partial charge in [0.1, 0.15) is 0 Å². The molecule has 1 saturated heterocycles. The Labute approximate surface area is 137 Å². The quantitative estimate of drug-likeness (QED) is 0.769. The summed E-state index contributed by atoms with van der Waals surface area (Å²) in [6, 6.07) is 9.86. The fourth-order valence-electron chi connectivity index (χ4n) is 2.91. The number of para-hydroxylation sites is 1. The molecule has 3 heteroatoms. The predicted molar refractivity (Wildman–Crippen MR) is 96.4 cm³/mol. The number of nitrogens with one attached hydrogen (secondary N) is 1. The highest BCUT2D eigenvalue weighted by Crippen LogP contribution is 2.31. The minimum atomic E-state index is 0.292. The lowest BCUT2D eigenvalue weighted by atomic mass is 9.83. The minimum Gasteiger partial charge on any atom is -0.365 e. The van der Waals surface area contributed by atoms with E-state index in [2.05, 4.69) is 91.7 Å². The first kappa shape index (κ1) is 16.1. The van der Waals surface area contributed by atoms with Crippen molar-refractivity contribution in [3.8, 4) is 0 Å². The maximum Gasteiger partial charge on any atom is 0.0505 e. The normalized spacial score (nSPS) is 24.2. The van der Waals surface area contributed by atoms with E-state index < -0.39 is 0 Å². The summed E-state index contributed by atoms with van der Waals surface area (Å²) in [4.78, 5) is 2.62. The fraction of sp³-hybridized carbons (Fsp3) is 0.647. The predicted octanol–water partition coefficient (Wildman–Crippen LogP) is 4.14. The summed E-state index contributed by atoms with van der Waals surface area (Å²) in [6.07, 6.45) is 0. The zero-order valence-electron chi connectivity index (χ0n) is 13.3. The first-order chi connectivity index (χ1) is 9.30. The molecule has 1 aromatic rings. The lowest BCUT2D eigenvalue weighted by Gasteiger charge is -2.48. The van der Waals surface area contributed by atoms with Gasteiger partial charge in [-0.15, -0.1) is 0 Å². The summed E-state index contributed by atoms with van der Waals surface area (Å²) in [7, 11) is 0. The van der Waals surface area contributed by atoms with E-state index in [1.807, 2.05) is 0 Å². The summed E-state index contributed by atoms with van der Waals surface area (Å²) >= 11 is 2.46. The molecular formula is C17H27IN2. The molecule has 0 spiro atoms. The van der Waals surface area contributed by atoms with Gasteiger partial charge in [0.2, 0.25) is 0 Å². The van der Waals surface area contributed by atoms with Crippen LogP contribution in [-0.4, -0.2) is 25.2 Å². The number of anilines is 1. The zero-order chi connectivity index (χ0) is 14.9. The minimum absolute atomic E-state index is 0.292. The SMILES string of the molecule is CC(C)C1CNC(C(C)(C)C)CN1c1ccccc1I. The molecule has 0 amide bonds. The maximum absolute atomic E-state index is 3.77. The summed E-state index contributed by atoms with van der Waals surface area (Å²) in [5.74, 6) is 0.652. The van der Waals surface area contributed by atoms with Crippen molar-refractivity contribution in [2.24, 2.45) is 11.3 Å². The molecule has 2 nitrogen and oxygen atoms in total. The Hall–Kier alpha value is -0.290. The van der Waals surface area contributed by atoms with Crippen LogP contribution in [0.15, 0.2) is 24.3 Å². The molecule has 1 aromatic carbocycles. The Kier molecular flexibility index (Phi) is 5.00. The Bertz CT molecular complexity index is 451. The zero-order valence-corrected chi connectivity index (χ0v) is 15.4. The molecule has 0 radical (unpaired) electrons. The van der Waals surface area contributed by atoms with Gasteiger partial charge in [-0.2, -0.15) is 0 Å². The first-order valence-electron chi connectivity index (χ1n) is 7.55. The third-order valence-electron chi connectivity index (χ3n) is 4.33.